The number of benzene rings is 1. The van der Waals surface area contributed by atoms with Gasteiger partial charge in [-0.3, -0.25) is 9.69 Å². The summed E-state index contributed by atoms with van der Waals surface area (Å²) in [4.78, 5) is 15.6. The average Bonchev–Trinajstić information content (AvgIpc) is 2.37. The van der Waals surface area contributed by atoms with Crippen LogP contribution in [0, 0.1) is 0 Å². The zero-order valence-corrected chi connectivity index (χ0v) is 11.7. The predicted molar refractivity (Wildman–Crippen MR) is 75.2 cm³/mol. The van der Waals surface area contributed by atoms with Crippen molar-refractivity contribution in [3.8, 4) is 0 Å². The van der Waals surface area contributed by atoms with Crippen molar-refractivity contribution in [2.45, 2.75) is 25.4 Å². The molecule has 1 aliphatic rings. The standard InChI is InChI=1S/C15H22N2O2/c1-16(2)8-5-9-17-11-13-7-4-3-6-12(13)10-14(17)15(18)19/h3-4,6-7,14H,5,8-11H2,1-2H3,(H,18,19)/t14-/m0/s1. The van der Waals surface area contributed by atoms with E-state index >= 15 is 0 Å². The smallest absolute Gasteiger partial charge is 0.321 e. The van der Waals surface area contributed by atoms with Crippen LogP contribution >= 0.6 is 0 Å². The highest BCUT2D eigenvalue weighted by Crippen LogP contribution is 2.23. The summed E-state index contributed by atoms with van der Waals surface area (Å²) in [6, 6.07) is 7.78. The lowest BCUT2D eigenvalue weighted by molar-refractivity contribution is -0.144. The first-order valence-corrected chi connectivity index (χ1v) is 6.76. The van der Waals surface area contributed by atoms with Crippen molar-refractivity contribution in [3.63, 3.8) is 0 Å². The molecule has 1 aliphatic heterocycles. The molecule has 0 saturated heterocycles. The Bertz CT molecular complexity index is 446. The van der Waals surface area contributed by atoms with Gasteiger partial charge in [0, 0.05) is 13.1 Å². The Balaban J connectivity index is 2.06. The molecule has 0 bridgehead atoms. The van der Waals surface area contributed by atoms with E-state index in [1.807, 2.05) is 32.3 Å². The number of hydrogen-bond acceptors (Lipinski definition) is 3. The summed E-state index contributed by atoms with van der Waals surface area (Å²) >= 11 is 0. The van der Waals surface area contributed by atoms with Crippen molar-refractivity contribution in [2.24, 2.45) is 0 Å². The maximum Gasteiger partial charge on any atom is 0.321 e. The summed E-state index contributed by atoms with van der Waals surface area (Å²) in [5, 5.41) is 9.39. The van der Waals surface area contributed by atoms with Crippen LogP contribution in [0.2, 0.25) is 0 Å². The van der Waals surface area contributed by atoms with Crippen LogP contribution in [0.4, 0.5) is 0 Å². The van der Waals surface area contributed by atoms with Crippen LogP contribution in [0.5, 0.6) is 0 Å². The second-order valence-electron chi connectivity index (χ2n) is 5.45. The Morgan fingerprint density at radius 1 is 1.37 bits per heavy atom. The molecule has 0 amide bonds. The van der Waals surface area contributed by atoms with Gasteiger partial charge in [0.1, 0.15) is 6.04 Å². The zero-order chi connectivity index (χ0) is 13.8. The van der Waals surface area contributed by atoms with Crippen LogP contribution in [-0.2, 0) is 17.8 Å². The Labute approximate surface area is 114 Å². The average molecular weight is 262 g/mol. The van der Waals surface area contributed by atoms with Crippen LogP contribution in [0.3, 0.4) is 0 Å². The molecule has 4 nitrogen and oxygen atoms in total. The van der Waals surface area contributed by atoms with Gasteiger partial charge in [-0.1, -0.05) is 24.3 Å². The van der Waals surface area contributed by atoms with E-state index in [0.717, 1.165) is 26.1 Å². The summed E-state index contributed by atoms with van der Waals surface area (Å²) in [6.45, 7) is 2.58. The van der Waals surface area contributed by atoms with E-state index in [2.05, 4.69) is 15.9 Å². The van der Waals surface area contributed by atoms with Crippen LogP contribution in [-0.4, -0.2) is 54.1 Å². The van der Waals surface area contributed by atoms with E-state index < -0.39 is 5.97 Å². The van der Waals surface area contributed by atoms with Crippen LogP contribution in [0.25, 0.3) is 0 Å². The van der Waals surface area contributed by atoms with Crippen LogP contribution in [0.1, 0.15) is 17.5 Å². The molecule has 0 spiro atoms. The van der Waals surface area contributed by atoms with Gasteiger partial charge in [0.2, 0.25) is 0 Å². The Hall–Kier alpha value is -1.39. The minimum Gasteiger partial charge on any atom is -0.480 e. The normalized spacial score (nSPS) is 19.4. The van der Waals surface area contributed by atoms with Gasteiger partial charge in [-0.05, 0) is 44.6 Å². The summed E-state index contributed by atoms with van der Waals surface area (Å²) in [5.41, 5.74) is 2.45. The van der Waals surface area contributed by atoms with Gasteiger partial charge in [-0.15, -0.1) is 0 Å². The number of aliphatic carboxylic acids is 1. The van der Waals surface area contributed by atoms with E-state index in [1.165, 1.54) is 11.1 Å². The van der Waals surface area contributed by atoms with Crippen molar-refractivity contribution >= 4 is 5.97 Å². The topological polar surface area (TPSA) is 43.8 Å². The highest BCUT2D eigenvalue weighted by atomic mass is 16.4. The SMILES string of the molecule is CN(C)CCCN1Cc2ccccc2C[C@H]1C(=O)O. The largest absolute Gasteiger partial charge is 0.480 e. The lowest BCUT2D eigenvalue weighted by atomic mass is 9.94. The van der Waals surface area contributed by atoms with E-state index in [4.69, 9.17) is 0 Å². The molecule has 1 aromatic carbocycles. The van der Waals surface area contributed by atoms with Crippen molar-refractivity contribution in [1.29, 1.82) is 0 Å². The van der Waals surface area contributed by atoms with Crippen molar-refractivity contribution in [1.82, 2.24) is 9.80 Å². The van der Waals surface area contributed by atoms with E-state index in [9.17, 15) is 9.90 Å². The molecule has 1 atom stereocenters. The number of hydrogen-bond donors (Lipinski definition) is 1. The van der Waals surface area contributed by atoms with Crippen molar-refractivity contribution in [3.05, 3.63) is 35.4 Å². The van der Waals surface area contributed by atoms with Gasteiger partial charge in [0.15, 0.2) is 0 Å². The van der Waals surface area contributed by atoms with E-state index in [1.54, 1.807) is 0 Å². The fraction of sp³-hybridized carbons (Fsp3) is 0.533. The van der Waals surface area contributed by atoms with Gasteiger partial charge in [0.05, 0.1) is 0 Å². The molecule has 0 fully saturated rings. The summed E-state index contributed by atoms with van der Waals surface area (Å²) < 4.78 is 0. The van der Waals surface area contributed by atoms with E-state index in [0.29, 0.717) is 6.42 Å². The van der Waals surface area contributed by atoms with E-state index in [-0.39, 0.29) is 6.04 Å². The first-order valence-electron chi connectivity index (χ1n) is 6.76. The number of carboxylic acids is 1. The quantitative estimate of drug-likeness (QED) is 0.872. The van der Waals surface area contributed by atoms with Crippen molar-refractivity contribution < 1.29 is 9.90 Å². The molecule has 0 aliphatic carbocycles. The minimum absolute atomic E-state index is 0.378. The van der Waals surface area contributed by atoms with Crippen LogP contribution in [0.15, 0.2) is 24.3 Å². The highest BCUT2D eigenvalue weighted by molar-refractivity contribution is 5.74. The summed E-state index contributed by atoms with van der Waals surface area (Å²) in [6.07, 6.45) is 1.62. The Morgan fingerprint density at radius 3 is 2.68 bits per heavy atom. The fourth-order valence-corrected chi connectivity index (χ4v) is 2.65. The number of rotatable bonds is 5. The molecule has 0 unspecified atom stereocenters. The molecule has 0 aromatic heterocycles. The highest BCUT2D eigenvalue weighted by Gasteiger charge is 2.30. The summed E-state index contributed by atoms with van der Waals surface area (Å²) in [7, 11) is 4.08. The molecule has 1 aromatic rings. The molecule has 2 rings (SSSR count). The van der Waals surface area contributed by atoms with Gasteiger partial charge in [0.25, 0.3) is 0 Å². The lowest BCUT2D eigenvalue weighted by Crippen LogP contribution is -2.46. The first kappa shape index (κ1) is 14.0. The Kier molecular flexibility index (Phi) is 4.56. The molecular weight excluding hydrogens is 240 g/mol. The Morgan fingerprint density at radius 2 is 2.05 bits per heavy atom. The lowest BCUT2D eigenvalue weighted by Gasteiger charge is -2.34. The zero-order valence-electron chi connectivity index (χ0n) is 11.7. The molecule has 104 valence electrons. The molecule has 0 radical (unpaired) electrons. The molecule has 1 heterocycles. The summed E-state index contributed by atoms with van der Waals surface area (Å²) in [5.74, 6) is -0.709. The monoisotopic (exact) mass is 262 g/mol. The van der Waals surface area contributed by atoms with Crippen LogP contribution < -0.4 is 0 Å². The molecule has 4 heteroatoms. The molecule has 0 saturated carbocycles. The van der Waals surface area contributed by atoms with Gasteiger partial charge >= 0.3 is 5.97 Å². The third kappa shape index (κ3) is 3.55. The number of nitrogens with zero attached hydrogens (tertiary/aromatic N) is 2. The third-order valence-electron chi connectivity index (χ3n) is 3.68. The van der Waals surface area contributed by atoms with Crippen molar-refractivity contribution in [2.75, 3.05) is 27.2 Å². The van der Waals surface area contributed by atoms with Gasteiger partial charge in [-0.2, -0.15) is 0 Å². The van der Waals surface area contributed by atoms with Gasteiger partial charge in [-0.25, -0.2) is 0 Å². The van der Waals surface area contributed by atoms with Gasteiger partial charge < -0.3 is 10.0 Å². The molecule has 1 N–H and O–H groups in total. The number of carboxylic acid groups (broad SMARTS) is 1. The second kappa shape index (κ2) is 6.17. The molecular formula is C15H22N2O2. The minimum atomic E-state index is -0.709. The maximum atomic E-state index is 11.4. The second-order valence-corrected chi connectivity index (χ2v) is 5.45. The first-order chi connectivity index (χ1) is 9.08. The maximum absolute atomic E-state index is 11.4. The number of fused-ring (bicyclic) bond motifs is 1. The number of carbonyl (C=O) groups is 1. The fourth-order valence-electron chi connectivity index (χ4n) is 2.65. The predicted octanol–water partition coefficient (Wildman–Crippen LogP) is 1.45. The third-order valence-corrected chi connectivity index (χ3v) is 3.68. The molecule has 19 heavy (non-hydrogen) atoms.